The quantitative estimate of drug-likeness (QED) is 0.731. The monoisotopic (exact) mass is 296 g/mol. The Kier molecular flexibility index (Phi) is 5.51. The van der Waals surface area contributed by atoms with Gasteiger partial charge in [-0.25, -0.2) is 0 Å². The number of thiol groups is 1. The largest absolute Gasteiger partial charge is 0.496 e. The van der Waals surface area contributed by atoms with Crippen molar-refractivity contribution in [2.75, 3.05) is 12.9 Å². The number of aliphatic hydroxyl groups is 2. The van der Waals surface area contributed by atoms with E-state index in [1.54, 1.807) is 0 Å². The topological polar surface area (TPSA) is 49.7 Å². The molecule has 3 nitrogen and oxygen atoms in total. The molecule has 0 saturated heterocycles. The molecule has 1 aromatic carbocycles. The second-order valence-corrected chi connectivity index (χ2v) is 4.43. The van der Waals surface area contributed by atoms with Crippen LogP contribution in [0.25, 0.3) is 0 Å². The predicted molar refractivity (Wildman–Crippen MR) is 67.4 cm³/mol. The minimum Gasteiger partial charge on any atom is -0.496 e. The zero-order chi connectivity index (χ0) is 14.6. The molecule has 0 radical (unpaired) electrons. The van der Waals surface area contributed by atoms with Gasteiger partial charge < -0.3 is 14.9 Å². The first kappa shape index (κ1) is 16.1. The summed E-state index contributed by atoms with van der Waals surface area (Å²) in [4.78, 5) is 0. The van der Waals surface area contributed by atoms with Crippen molar-refractivity contribution in [3.63, 3.8) is 0 Å². The minimum atomic E-state index is -4.53. The van der Waals surface area contributed by atoms with E-state index < -0.39 is 23.9 Å². The first-order valence-corrected chi connectivity index (χ1v) is 6.16. The molecule has 1 rings (SSSR count). The molecule has 0 fully saturated rings. The van der Waals surface area contributed by atoms with E-state index in [0.717, 1.165) is 25.3 Å². The molecule has 0 aliphatic carbocycles. The number of alkyl halides is 3. The van der Waals surface area contributed by atoms with Crippen LogP contribution in [0.4, 0.5) is 13.2 Å². The zero-order valence-corrected chi connectivity index (χ0v) is 11.1. The highest BCUT2D eigenvalue weighted by Gasteiger charge is 2.34. The Hall–Kier alpha value is -0.920. The van der Waals surface area contributed by atoms with Gasteiger partial charge in [0.15, 0.2) is 0 Å². The smallest absolute Gasteiger partial charge is 0.419 e. The lowest BCUT2D eigenvalue weighted by Gasteiger charge is -2.19. The van der Waals surface area contributed by atoms with Crippen molar-refractivity contribution >= 4 is 12.6 Å². The maximum atomic E-state index is 12.6. The summed E-state index contributed by atoms with van der Waals surface area (Å²) < 4.78 is 42.6. The van der Waals surface area contributed by atoms with Crippen molar-refractivity contribution in [2.24, 2.45) is 0 Å². The summed E-state index contributed by atoms with van der Waals surface area (Å²) in [5.74, 6) is -0.0298. The third-order valence-electron chi connectivity index (χ3n) is 2.66. The fraction of sp³-hybridized carbons (Fsp3) is 0.500. The van der Waals surface area contributed by atoms with Gasteiger partial charge in [0, 0.05) is 0 Å². The number of benzene rings is 1. The van der Waals surface area contributed by atoms with E-state index in [-0.39, 0.29) is 17.7 Å². The molecule has 1 aromatic rings. The Morgan fingerprint density at radius 2 is 1.95 bits per heavy atom. The number of hydrogen-bond donors (Lipinski definition) is 3. The van der Waals surface area contributed by atoms with Gasteiger partial charge in [-0.1, -0.05) is 6.07 Å². The molecule has 0 aromatic heterocycles. The van der Waals surface area contributed by atoms with Crippen molar-refractivity contribution in [3.05, 3.63) is 29.3 Å². The summed E-state index contributed by atoms with van der Waals surface area (Å²) >= 11 is 3.92. The molecule has 7 heteroatoms. The molecular weight excluding hydrogens is 281 g/mol. The van der Waals surface area contributed by atoms with Gasteiger partial charge >= 0.3 is 6.18 Å². The molecule has 0 heterocycles. The molecule has 2 atom stereocenters. The number of rotatable bonds is 5. The summed E-state index contributed by atoms with van der Waals surface area (Å²) in [6, 6.07) is 3.03. The van der Waals surface area contributed by atoms with Crippen molar-refractivity contribution < 1.29 is 28.1 Å². The van der Waals surface area contributed by atoms with Gasteiger partial charge in [-0.15, -0.1) is 0 Å². The van der Waals surface area contributed by atoms with Gasteiger partial charge in [-0.05, 0) is 29.9 Å². The third-order valence-corrected chi connectivity index (χ3v) is 2.92. The molecule has 0 spiro atoms. The summed E-state index contributed by atoms with van der Waals surface area (Å²) in [6.45, 7) is 0. The van der Waals surface area contributed by atoms with Crippen LogP contribution in [0, 0.1) is 0 Å². The van der Waals surface area contributed by atoms with E-state index in [2.05, 4.69) is 17.4 Å². The molecule has 0 aliphatic rings. The first-order chi connectivity index (χ1) is 8.81. The van der Waals surface area contributed by atoms with Crippen molar-refractivity contribution in [1.82, 2.24) is 0 Å². The van der Waals surface area contributed by atoms with E-state index in [4.69, 9.17) is 0 Å². The number of aliphatic hydroxyl groups excluding tert-OH is 2. The second-order valence-electron chi connectivity index (χ2n) is 3.98. The average molecular weight is 296 g/mol. The number of halogens is 3. The van der Waals surface area contributed by atoms with Crippen LogP contribution in [0.2, 0.25) is 0 Å². The van der Waals surface area contributed by atoms with Gasteiger partial charge in [-0.3, -0.25) is 0 Å². The molecule has 108 valence electrons. The number of hydrogen-bond acceptors (Lipinski definition) is 4. The average Bonchev–Trinajstić information content (AvgIpc) is 2.36. The van der Waals surface area contributed by atoms with Gasteiger partial charge in [0.2, 0.25) is 0 Å². The summed E-state index contributed by atoms with van der Waals surface area (Å²) in [6.07, 6.45) is -6.66. The van der Waals surface area contributed by atoms with Gasteiger partial charge in [-0.2, -0.15) is 25.8 Å². The highest BCUT2D eigenvalue weighted by molar-refractivity contribution is 7.80. The van der Waals surface area contributed by atoms with E-state index in [1.165, 1.54) is 0 Å². The Bertz CT molecular complexity index is 423. The van der Waals surface area contributed by atoms with Crippen molar-refractivity contribution in [3.8, 4) is 5.75 Å². The lowest BCUT2D eigenvalue weighted by Crippen LogP contribution is -2.19. The predicted octanol–water partition coefficient (Wildman–Crippen LogP) is 2.43. The van der Waals surface area contributed by atoms with Gasteiger partial charge in [0.25, 0.3) is 0 Å². The number of methoxy groups -OCH3 is 1. The second kappa shape index (κ2) is 6.49. The Morgan fingerprint density at radius 1 is 1.32 bits per heavy atom. The van der Waals surface area contributed by atoms with Crippen LogP contribution in [0.5, 0.6) is 5.75 Å². The maximum Gasteiger partial charge on any atom is 0.419 e. The van der Waals surface area contributed by atoms with E-state index in [0.29, 0.717) is 5.75 Å². The molecule has 2 N–H and O–H groups in total. The molecule has 19 heavy (non-hydrogen) atoms. The van der Waals surface area contributed by atoms with Crippen LogP contribution in [0.3, 0.4) is 0 Å². The lowest BCUT2D eigenvalue weighted by atomic mass is 10.0. The lowest BCUT2D eigenvalue weighted by molar-refractivity contribution is -0.138. The Labute approximate surface area is 114 Å². The highest BCUT2D eigenvalue weighted by atomic mass is 32.1. The standard InChI is InChI=1S/C12H15F3O3S/c1-18-10-6-7(11(17)9(16)4-5-19)2-3-8(10)12(13,14)15/h2-3,6,9,11,16-17,19H,4-5H2,1H3. The van der Waals surface area contributed by atoms with E-state index in [9.17, 15) is 23.4 Å². The Balaban J connectivity index is 3.06. The van der Waals surface area contributed by atoms with Gasteiger partial charge in [0.1, 0.15) is 11.9 Å². The van der Waals surface area contributed by atoms with Crippen LogP contribution < -0.4 is 4.74 Å². The van der Waals surface area contributed by atoms with Crippen LogP contribution in [-0.2, 0) is 6.18 Å². The third kappa shape index (κ3) is 4.02. The zero-order valence-electron chi connectivity index (χ0n) is 10.2. The van der Waals surface area contributed by atoms with Gasteiger partial charge in [0.05, 0.1) is 18.8 Å². The first-order valence-electron chi connectivity index (χ1n) is 5.53. The maximum absolute atomic E-state index is 12.6. The summed E-state index contributed by atoms with van der Waals surface area (Å²) in [5, 5.41) is 19.4. The van der Waals surface area contributed by atoms with E-state index >= 15 is 0 Å². The molecule has 0 amide bonds. The highest BCUT2D eigenvalue weighted by Crippen LogP contribution is 2.37. The molecule has 2 unspecified atom stereocenters. The van der Waals surface area contributed by atoms with E-state index in [1.807, 2.05) is 0 Å². The SMILES string of the molecule is COc1cc(C(O)C(O)CCS)ccc1C(F)(F)F. The fourth-order valence-electron chi connectivity index (χ4n) is 1.64. The van der Waals surface area contributed by atoms with Crippen LogP contribution in [0.15, 0.2) is 18.2 Å². The summed E-state index contributed by atoms with van der Waals surface area (Å²) in [7, 11) is 1.12. The van der Waals surface area contributed by atoms with Crippen LogP contribution >= 0.6 is 12.6 Å². The molecule has 0 bridgehead atoms. The van der Waals surface area contributed by atoms with Crippen molar-refractivity contribution in [2.45, 2.75) is 24.8 Å². The summed E-state index contributed by atoms with van der Waals surface area (Å²) in [5.41, 5.74) is -0.756. The van der Waals surface area contributed by atoms with Crippen LogP contribution in [0.1, 0.15) is 23.7 Å². The number of ether oxygens (including phenoxy) is 1. The fourth-order valence-corrected chi connectivity index (χ4v) is 1.90. The Morgan fingerprint density at radius 3 is 2.42 bits per heavy atom. The molecule has 0 aliphatic heterocycles. The van der Waals surface area contributed by atoms with Crippen LogP contribution in [-0.4, -0.2) is 29.2 Å². The molecule has 0 saturated carbocycles. The van der Waals surface area contributed by atoms with Crippen molar-refractivity contribution in [1.29, 1.82) is 0 Å². The normalized spacial score (nSPS) is 15.1. The molecular formula is C12H15F3O3S. The minimum absolute atomic E-state index is 0.166.